The minimum Gasteiger partial charge on any atom is -0.449 e. The number of hydrogen-bond donors (Lipinski definition) is 0. The molecule has 0 saturated carbocycles. The second kappa shape index (κ2) is 5.87. The molecule has 90 valence electrons. The lowest BCUT2D eigenvalue weighted by Gasteiger charge is -1.98. The Kier molecular flexibility index (Phi) is 4.44. The molecule has 1 aromatic carbocycles. The monoisotopic (exact) mass is 429 g/mol. The topological polar surface area (TPSA) is 36.9 Å². The second-order valence-corrected chi connectivity index (χ2v) is 5.94. The predicted molar refractivity (Wildman–Crippen MR) is 81.7 cm³/mol. The molecule has 0 aliphatic rings. The van der Waals surface area contributed by atoms with Crippen molar-refractivity contribution in [2.24, 2.45) is 0 Å². The van der Waals surface area contributed by atoms with Crippen molar-refractivity contribution in [1.29, 1.82) is 5.26 Å². The van der Waals surface area contributed by atoms with Gasteiger partial charge in [0.25, 0.3) is 0 Å². The van der Waals surface area contributed by atoms with Crippen LogP contribution in [0, 0.1) is 11.3 Å². The summed E-state index contributed by atoms with van der Waals surface area (Å²) in [5, 5.41) is 9.19. The van der Waals surface area contributed by atoms with E-state index in [1.54, 1.807) is 12.1 Å². The van der Waals surface area contributed by atoms with Gasteiger partial charge in [0.05, 0.1) is 16.1 Å². The van der Waals surface area contributed by atoms with Crippen LogP contribution in [0.15, 0.2) is 48.4 Å². The van der Waals surface area contributed by atoms with Crippen molar-refractivity contribution >= 4 is 59.4 Å². The lowest BCUT2D eigenvalue weighted by Crippen LogP contribution is -1.80. The molecule has 0 N–H and O–H groups in total. The normalized spacial score (nSPS) is 11.3. The third-order valence-electron chi connectivity index (χ3n) is 2.23. The number of allylic oxidation sites excluding steroid dienone is 1. The first-order valence-corrected chi connectivity index (χ1v) is 7.30. The molecule has 0 radical (unpaired) electrons. The van der Waals surface area contributed by atoms with Gasteiger partial charge in [-0.25, -0.2) is 0 Å². The van der Waals surface area contributed by atoms with Crippen LogP contribution in [0.3, 0.4) is 0 Å². The third kappa shape index (κ3) is 3.14. The van der Waals surface area contributed by atoms with Gasteiger partial charge in [-0.3, -0.25) is 0 Å². The zero-order valence-corrected chi connectivity index (χ0v) is 13.7. The fourth-order valence-corrected chi connectivity index (χ4v) is 2.26. The molecule has 5 heteroatoms. The first kappa shape index (κ1) is 13.6. The van der Waals surface area contributed by atoms with Gasteiger partial charge in [-0.15, -0.1) is 0 Å². The van der Waals surface area contributed by atoms with Crippen LogP contribution in [0.2, 0.25) is 0 Å². The van der Waals surface area contributed by atoms with Crippen LogP contribution < -0.4 is 0 Å². The Balaban J connectivity index is 2.40. The van der Waals surface area contributed by atoms with Crippen LogP contribution >= 0.6 is 47.8 Å². The van der Waals surface area contributed by atoms with Crippen LogP contribution in [0.25, 0.3) is 11.6 Å². The number of hydrogen-bond acceptors (Lipinski definition) is 2. The van der Waals surface area contributed by atoms with Gasteiger partial charge in [0, 0.05) is 4.47 Å². The van der Waals surface area contributed by atoms with E-state index < -0.39 is 0 Å². The lowest BCUT2D eigenvalue weighted by molar-refractivity contribution is 0.530. The van der Waals surface area contributed by atoms with Crippen molar-refractivity contribution in [2.75, 3.05) is 0 Å². The number of furan rings is 1. The molecule has 1 aromatic heterocycles. The van der Waals surface area contributed by atoms with Crippen molar-refractivity contribution in [2.45, 2.75) is 0 Å². The summed E-state index contributed by atoms with van der Waals surface area (Å²) in [6.07, 6.45) is 1.71. The predicted octanol–water partition coefficient (Wildman–Crippen LogP) is 5.63. The van der Waals surface area contributed by atoms with E-state index in [1.807, 2.05) is 24.3 Å². The molecule has 18 heavy (non-hydrogen) atoms. The van der Waals surface area contributed by atoms with Crippen molar-refractivity contribution in [3.05, 3.63) is 55.3 Å². The van der Waals surface area contributed by atoms with E-state index in [4.69, 9.17) is 4.42 Å². The smallest absolute Gasteiger partial charge is 0.184 e. The van der Waals surface area contributed by atoms with Gasteiger partial charge < -0.3 is 4.42 Å². The molecule has 0 spiro atoms. The summed E-state index contributed by atoms with van der Waals surface area (Å²) in [6.45, 7) is 0. The third-order valence-corrected chi connectivity index (χ3v) is 4.47. The number of benzene rings is 1. The quantitative estimate of drug-likeness (QED) is 0.578. The molecular weight excluding hydrogens is 426 g/mol. The largest absolute Gasteiger partial charge is 0.449 e. The molecule has 0 aliphatic carbocycles. The molecule has 0 amide bonds. The number of nitriles is 1. The van der Waals surface area contributed by atoms with E-state index in [0.29, 0.717) is 16.0 Å². The van der Waals surface area contributed by atoms with Crippen molar-refractivity contribution in [3.8, 4) is 6.07 Å². The van der Waals surface area contributed by atoms with Crippen molar-refractivity contribution in [1.82, 2.24) is 0 Å². The van der Waals surface area contributed by atoms with E-state index in [9.17, 15) is 5.26 Å². The van der Waals surface area contributed by atoms with Gasteiger partial charge in [-0.2, -0.15) is 5.26 Å². The van der Waals surface area contributed by atoms with Crippen LogP contribution in [-0.4, -0.2) is 0 Å². The summed E-state index contributed by atoms with van der Waals surface area (Å²) in [4.78, 5) is 0. The van der Waals surface area contributed by atoms with Crippen LogP contribution in [0.1, 0.15) is 11.3 Å². The Labute approximate surface area is 130 Å². The standard InChI is InChI=1S/C13H6Br3NO/c14-10-3-1-8(2-4-10)9(7-17)5-11-6-12(15)13(16)18-11/h1-6H/b9-5-. The maximum atomic E-state index is 9.19. The highest BCUT2D eigenvalue weighted by atomic mass is 79.9. The summed E-state index contributed by atoms with van der Waals surface area (Å²) < 4.78 is 7.84. The minimum absolute atomic E-state index is 0.552. The minimum atomic E-state index is 0.552. The molecule has 2 rings (SSSR count). The Morgan fingerprint density at radius 2 is 1.83 bits per heavy atom. The number of rotatable bonds is 2. The zero-order chi connectivity index (χ0) is 13.1. The van der Waals surface area contributed by atoms with E-state index in [-0.39, 0.29) is 0 Å². The molecule has 1 heterocycles. The summed E-state index contributed by atoms with van der Waals surface area (Å²) in [5.74, 6) is 0.619. The molecule has 2 nitrogen and oxygen atoms in total. The van der Waals surface area contributed by atoms with Gasteiger partial charge >= 0.3 is 0 Å². The first-order chi connectivity index (χ1) is 8.60. The average Bonchev–Trinajstić information content (AvgIpc) is 2.67. The maximum Gasteiger partial charge on any atom is 0.184 e. The molecule has 0 unspecified atom stereocenters. The van der Waals surface area contributed by atoms with Gasteiger partial charge in [0.15, 0.2) is 4.67 Å². The summed E-state index contributed by atoms with van der Waals surface area (Å²) in [5.41, 5.74) is 1.40. The van der Waals surface area contributed by atoms with E-state index in [2.05, 4.69) is 53.9 Å². The highest BCUT2D eigenvalue weighted by Gasteiger charge is 2.06. The second-order valence-electron chi connectivity index (χ2n) is 3.45. The molecular formula is C13H6Br3NO. The number of halogens is 3. The Morgan fingerprint density at radius 3 is 2.33 bits per heavy atom. The molecule has 0 saturated heterocycles. The maximum absolute atomic E-state index is 9.19. The molecule has 2 aromatic rings. The van der Waals surface area contributed by atoms with Gasteiger partial charge in [0.2, 0.25) is 0 Å². The van der Waals surface area contributed by atoms with Crippen molar-refractivity contribution in [3.63, 3.8) is 0 Å². The average molecular weight is 432 g/mol. The van der Waals surface area contributed by atoms with Gasteiger partial charge in [0.1, 0.15) is 5.76 Å². The fourth-order valence-electron chi connectivity index (χ4n) is 1.39. The molecule has 0 atom stereocenters. The highest BCUT2D eigenvalue weighted by Crippen LogP contribution is 2.29. The Morgan fingerprint density at radius 1 is 1.17 bits per heavy atom. The highest BCUT2D eigenvalue weighted by molar-refractivity contribution is 9.13. The SMILES string of the molecule is N#C/C(=C/c1cc(Br)c(Br)o1)c1ccc(Br)cc1. The summed E-state index contributed by atoms with van der Waals surface area (Å²) in [7, 11) is 0. The Hall–Kier alpha value is -0.830. The van der Waals surface area contributed by atoms with Crippen LogP contribution in [0.4, 0.5) is 0 Å². The zero-order valence-electron chi connectivity index (χ0n) is 8.95. The molecule has 0 bridgehead atoms. The fraction of sp³-hybridized carbons (Fsp3) is 0. The number of nitrogens with zero attached hydrogens (tertiary/aromatic N) is 1. The van der Waals surface area contributed by atoms with E-state index >= 15 is 0 Å². The summed E-state index contributed by atoms with van der Waals surface area (Å²) in [6, 6.07) is 11.5. The van der Waals surface area contributed by atoms with E-state index in [0.717, 1.165) is 14.5 Å². The lowest BCUT2D eigenvalue weighted by atomic mass is 10.1. The van der Waals surface area contributed by atoms with Crippen LogP contribution in [-0.2, 0) is 0 Å². The van der Waals surface area contributed by atoms with Crippen molar-refractivity contribution < 1.29 is 4.42 Å². The van der Waals surface area contributed by atoms with Gasteiger partial charge in [-0.1, -0.05) is 28.1 Å². The first-order valence-electron chi connectivity index (χ1n) is 4.92. The molecule has 0 fully saturated rings. The van der Waals surface area contributed by atoms with Crippen LogP contribution in [0.5, 0.6) is 0 Å². The van der Waals surface area contributed by atoms with Gasteiger partial charge in [-0.05, 0) is 61.7 Å². The van der Waals surface area contributed by atoms with E-state index in [1.165, 1.54) is 0 Å². The summed E-state index contributed by atoms with van der Waals surface area (Å²) >= 11 is 9.96. The Bertz CT molecular complexity index is 616. The molecule has 0 aliphatic heterocycles.